The number of sulfonamides is 1. The first kappa shape index (κ1) is 31.1. The second-order valence-electron chi connectivity index (χ2n) is 11.6. The van der Waals surface area contributed by atoms with Crippen molar-refractivity contribution in [3.8, 4) is 6.07 Å². The Bertz CT molecular complexity index is 1390. The topological polar surface area (TPSA) is 88.5 Å². The molecule has 12 heteroatoms. The normalized spacial score (nSPS) is 20.3. The zero-order valence-corrected chi connectivity index (χ0v) is 24.6. The van der Waals surface area contributed by atoms with Gasteiger partial charge in [0.15, 0.2) is 0 Å². The lowest BCUT2D eigenvalue weighted by Gasteiger charge is -2.44. The molecule has 0 spiro atoms. The van der Waals surface area contributed by atoms with Crippen LogP contribution in [0, 0.1) is 23.0 Å². The van der Waals surface area contributed by atoms with E-state index in [9.17, 15) is 18.1 Å². The van der Waals surface area contributed by atoms with Gasteiger partial charge in [-0.15, -0.1) is 0 Å². The highest BCUT2D eigenvalue weighted by atomic mass is 32.2. The molecule has 0 unspecified atom stereocenters. The first-order valence-electron chi connectivity index (χ1n) is 13.8. The lowest BCUT2D eigenvalue weighted by atomic mass is 9.82. The zero-order valence-electron chi connectivity index (χ0n) is 23.8. The minimum Gasteiger partial charge on any atom is -0.380 e. The van der Waals surface area contributed by atoms with Crippen LogP contribution in [-0.2, 0) is 16.4 Å². The van der Waals surface area contributed by atoms with Crippen molar-refractivity contribution in [1.82, 2.24) is 9.80 Å². The molecule has 2 atom stereocenters. The van der Waals surface area contributed by atoms with Crippen molar-refractivity contribution in [1.29, 1.82) is 5.26 Å². The summed E-state index contributed by atoms with van der Waals surface area (Å²) in [6.07, 6.45) is 0.801. The molecule has 0 aliphatic carbocycles. The third-order valence-electron chi connectivity index (χ3n) is 7.60. The Kier molecular flexibility index (Phi) is 9.21. The van der Waals surface area contributed by atoms with Crippen LogP contribution in [0.15, 0.2) is 24.3 Å². The zero-order chi connectivity index (χ0) is 30.1. The van der Waals surface area contributed by atoms with Gasteiger partial charge in [0, 0.05) is 43.5 Å². The number of nitrogens with zero attached hydrogens (tertiary/aromatic N) is 3. The number of fused-ring (bicyclic) bond motifs is 1. The molecule has 2 heterocycles. The van der Waals surface area contributed by atoms with Gasteiger partial charge in [0.05, 0.1) is 35.8 Å². The number of rotatable bonds is 11. The van der Waals surface area contributed by atoms with E-state index < -0.39 is 40.0 Å². The average Bonchev–Trinajstić information content (AvgIpc) is 2.85. The van der Waals surface area contributed by atoms with Crippen LogP contribution >= 0.6 is 0 Å². The molecule has 41 heavy (non-hydrogen) atoms. The quantitative estimate of drug-likeness (QED) is 0.350. The number of nitriles is 1. The van der Waals surface area contributed by atoms with Crippen LogP contribution in [0.3, 0.4) is 0 Å². The van der Waals surface area contributed by atoms with Gasteiger partial charge < -0.3 is 5.32 Å². The molecule has 0 amide bonds. The third-order valence-corrected chi connectivity index (χ3v) is 8.89. The highest BCUT2D eigenvalue weighted by Gasteiger charge is 2.40. The van der Waals surface area contributed by atoms with Crippen LogP contribution in [0.1, 0.15) is 62.4 Å². The Labute approximate surface area is 239 Å². The van der Waals surface area contributed by atoms with E-state index in [1.807, 2.05) is 13.0 Å². The fraction of sp³-hybridized carbons (Fsp3) is 0.552. The predicted molar refractivity (Wildman–Crippen MR) is 152 cm³/mol. The molecule has 4 rings (SSSR count). The van der Waals surface area contributed by atoms with Crippen LogP contribution in [0.4, 0.5) is 28.9 Å². The van der Waals surface area contributed by atoms with E-state index in [1.54, 1.807) is 11.0 Å². The number of benzene rings is 2. The van der Waals surface area contributed by atoms with Crippen molar-refractivity contribution in [3.05, 3.63) is 58.2 Å². The number of alkyl halides is 2. The highest BCUT2D eigenvalue weighted by molar-refractivity contribution is 7.92. The van der Waals surface area contributed by atoms with Crippen molar-refractivity contribution in [3.63, 3.8) is 0 Å². The summed E-state index contributed by atoms with van der Waals surface area (Å²) in [6, 6.07) is 5.98. The number of hydrogen-bond acceptors (Lipinski definition) is 6. The van der Waals surface area contributed by atoms with Gasteiger partial charge >= 0.3 is 0 Å². The molecule has 1 fully saturated rings. The van der Waals surface area contributed by atoms with E-state index in [-0.39, 0.29) is 46.9 Å². The van der Waals surface area contributed by atoms with Gasteiger partial charge in [-0.1, -0.05) is 0 Å². The van der Waals surface area contributed by atoms with Gasteiger partial charge in [-0.25, -0.2) is 21.6 Å². The Morgan fingerprint density at radius 1 is 1.15 bits per heavy atom. The van der Waals surface area contributed by atoms with Crippen molar-refractivity contribution in [2.24, 2.45) is 0 Å². The molecule has 0 bridgehead atoms. The molecule has 1 saturated heterocycles. The average molecular weight is 596 g/mol. The second kappa shape index (κ2) is 12.2. The van der Waals surface area contributed by atoms with Crippen molar-refractivity contribution in [2.75, 3.05) is 48.6 Å². The van der Waals surface area contributed by atoms with Gasteiger partial charge in [-0.3, -0.25) is 18.9 Å². The van der Waals surface area contributed by atoms with Crippen LogP contribution in [-0.4, -0.2) is 74.6 Å². The smallest absolute Gasteiger partial charge is 0.232 e. The molecule has 2 aromatic carbocycles. The van der Waals surface area contributed by atoms with Crippen LogP contribution in [0.5, 0.6) is 0 Å². The summed E-state index contributed by atoms with van der Waals surface area (Å²) >= 11 is 0. The molecule has 2 N–H and O–H groups in total. The summed E-state index contributed by atoms with van der Waals surface area (Å²) < 4.78 is 86.1. The molecule has 7 nitrogen and oxygen atoms in total. The largest absolute Gasteiger partial charge is 0.380 e. The van der Waals surface area contributed by atoms with E-state index in [0.29, 0.717) is 43.6 Å². The summed E-state index contributed by atoms with van der Waals surface area (Å²) in [4.78, 5) is 3.75. The fourth-order valence-corrected chi connectivity index (χ4v) is 6.32. The third kappa shape index (κ3) is 7.13. The number of likely N-dealkylation sites (tertiary alicyclic amines) is 1. The van der Waals surface area contributed by atoms with Gasteiger partial charge in [0.2, 0.25) is 10.0 Å². The molecule has 0 saturated carbocycles. The Morgan fingerprint density at radius 3 is 2.37 bits per heavy atom. The molecule has 0 radical (unpaired) electrons. The van der Waals surface area contributed by atoms with Gasteiger partial charge in [-0.05, 0) is 75.9 Å². The Balaban J connectivity index is 1.75. The number of hydrogen-bond donors (Lipinski definition) is 2. The van der Waals surface area contributed by atoms with Crippen LogP contribution in [0.25, 0.3) is 0 Å². The minimum atomic E-state index is -3.69. The van der Waals surface area contributed by atoms with E-state index in [2.05, 4.69) is 14.9 Å². The van der Waals surface area contributed by atoms with E-state index in [0.717, 1.165) is 0 Å². The maximum absolute atomic E-state index is 15.9. The predicted octanol–water partition coefficient (Wildman–Crippen LogP) is 5.14. The molecule has 2 aliphatic rings. The standard InChI is InChI=1S/C29H37F4N5O2S/c1-5-41(39,40)36-26-11-19-9-18(2)38(17-29(3,4)33)28(23(19)10-20(26)14-34)27-24(31)12-21(13-25(27)32)35-22-15-37(16-22)8-6-7-30/h10-13,18,22,28,35-36H,5-9,15-17H2,1-4H3/t18-,28+/m1/s1. The van der Waals surface area contributed by atoms with Crippen molar-refractivity contribution >= 4 is 21.4 Å². The molecular formula is C29H37F4N5O2S. The fourth-order valence-electron chi connectivity index (χ4n) is 5.67. The summed E-state index contributed by atoms with van der Waals surface area (Å²) in [5.41, 5.74) is -0.553. The highest BCUT2D eigenvalue weighted by Crippen LogP contribution is 2.43. The summed E-state index contributed by atoms with van der Waals surface area (Å²) in [6.45, 7) is 7.47. The van der Waals surface area contributed by atoms with Gasteiger partial charge in [0.1, 0.15) is 23.4 Å². The molecule has 2 aromatic rings. The molecule has 2 aliphatic heterocycles. The summed E-state index contributed by atoms with van der Waals surface area (Å²) in [5.74, 6) is -1.83. The van der Waals surface area contributed by atoms with Gasteiger partial charge in [0.25, 0.3) is 0 Å². The van der Waals surface area contributed by atoms with E-state index in [4.69, 9.17) is 0 Å². The number of halogens is 4. The second-order valence-corrected chi connectivity index (χ2v) is 13.6. The van der Waals surface area contributed by atoms with Crippen LogP contribution < -0.4 is 10.0 Å². The monoisotopic (exact) mass is 595 g/mol. The SMILES string of the molecule is CCS(=O)(=O)Nc1cc2c(cc1C#N)[C@@H](c1c(F)cc(NC3CN(CCCF)C3)cc1F)N(CC(C)(C)F)[C@H](C)C2. The first-order chi connectivity index (χ1) is 19.2. The van der Waals surface area contributed by atoms with Crippen molar-refractivity contribution < 1.29 is 26.0 Å². The number of nitrogens with one attached hydrogen (secondary N) is 2. The van der Waals surface area contributed by atoms with Crippen LogP contribution in [0.2, 0.25) is 0 Å². The first-order valence-corrected chi connectivity index (χ1v) is 15.5. The Hall–Kier alpha value is -2.88. The van der Waals surface area contributed by atoms with Crippen molar-refractivity contribution in [2.45, 2.75) is 64.3 Å². The lowest BCUT2D eigenvalue weighted by molar-refractivity contribution is 0.0653. The van der Waals surface area contributed by atoms with Gasteiger partial charge in [-0.2, -0.15) is 5.26 Å². The molecular weight excluding hydrogens is 558 g/mol. The molecule has 224 valence electrons. The minimum absolute atomic E-state index is 0.00110. The lowest BCUT2D eigenvalue weighted by Crippen LogP contribution is -2.54. The maximum atomic E-state index is 15.9. The maximum Gasteiger partial charge on any atom is 0.232 e. The number of anilines is 2. The summed E-state index contributed by atoms with van der Waals surface area (Å²) in [5, 5.41) is 13.0. The Morgan fingerprint density at radius 2 is 1.80 bits per heavy atom. The molecule has 0 aromatic heterocycles. The van der Waals surface area contributed by atoms with E-state index >= 15 is 13.2 Å². The van der Waals surface area contributed by atoms with E-state index in [1.165, 1.54) is 39.0 Å². The summed E-state index contributed by atoms with van der Waals surface area (Å²) in [7, 11) is -3.69.